The van der Waals surface area contributed by atoms with Crippen molar-refractivity contribution in [3.8, 4) is 17.1 Å². The molecule has 4 aliphatic rings. The highest BCUT2D eigenvalue weighted by molar-refractivity contribution is 7.91. The van der Waals surface area contributed by atoms with Crippen molar-refractivity contribution in [3.05, 3.63) is 40.9 Å². The summed E-state index contributed by atoms with van der Waals surface area (Å²) in [6, 6.07) is 2.62. The summed E-state index contributed by atoms with van der Waals surface area (Å²) in [5.41, 5.74) is -1.03. The summed E-state index contributed by atoms with van der Waals surface area (Å²) < 4.78 is 61.2. The fourth-order valence-corrected chi connectivity index (χ4v) is 9.48. The number of rotatable bonds is 7. The van der Waals surface area contributed by atoms with Crippen molar-refractivity contribution >= 4 is 50.3 Å². The van der Waals surface area contributed by atoms with Gasteiger partial charge in [-0.2, -0.15) is 4.80 Å². The first-order valence-electron chi connectivity index (χ1n) is 18.2. The number of anilines is 1. The number of benzene rings is 1. The first-order chi connectivity index (χ1) is 25.8. The molecule has 3 N–H and O–H groups in total. The Balaban J connectivity index is 1.27. The number of amides is 3. The van der Waals surface area contributed by atoms with Gasteiger partial charge in [-0.1, -0.05) is 46.8 Å². The number of aromatic nitrogens is 5. The monoisotopic (exact) mass is 801 g/mol. The average molecular weight is 802 g/mol. The van der Waals surface area contributed by atoms with Crippen molar-refractivity contribution in [2.24, 2.45) is 11.3 Å². The van der Waals surface area contributed by atoms with Gasteiger partial charge in [0.2, 0.25) is 34.1 Å². The number of hydrogen-bond donors (Lipinski definition) is 3. The summed E-state index contributed by atoms with van der Waals surface area (Å²) in [4.78, 5) is 50.0. The number of ether oxygens (including phenoxy) is 1. The van der Waals surface area contributed by atoms with Crippen LogP contribution in [-0.4, -0.2) is 99.2 Å². The number of thiazole rings is 1. The van der Waals surface area contributed by atoms with Crippen LogP contribution in [0, 0.1) is 11.3 Å². The van der Waals surface area contributed by atoms with E-state index in [0.717, 1.165) is 11.3 Å². The van der Waals surface area contributed by atoms with Gasteiger partial charge in [0.05, 0.1) is 30.0 Å². The minimum absolute atomic E-state index is 0.0478. The molecule has 55 heavy (non-hydrogen) atoms. The van der Waals surface area contributed by atoms with Crippen molar-refractivity contribution in [2.45, 2.75) is 107 Å². The Labute approximate surface area is 321 Å². The third kappa shape index (κ3) is 7.56. The van der Waals surface area contributed by atoms with Gasteiger partial charge < -0.3 is 20.3 Å². The predicted molar refractivity (Wildman–Crippen MR) is 200 cm³/mol. The van der Waals surface area contributed by atoms with Gasteiger partial charge in [0, 0.05) is 34.9 Å². The number of fused-ring (bicyclic) bond motifs is 10. The van der Waals surface area contributed by atoms with Gasteiger partial charge >= 0.3 is 0 Å². The summed E-state index contributed by atoms with van der Waals surface area (Å²) in [5.74, 6) is -3.25. The van der Waals surface area contributed by atoms with E-state index in [9.17, 15) is 31.6 Å². The van der Waals surface area contributed by atoms with E-state index < -0.39 is 86.3 Å². The number of halogens is 2. The molecular weight excluding hydrogens is 757 g/mol. The first kappa shape index (κ1) is 38.7. The van der Waals surface area contributed by atoms with Gasteiger partial charge in [0.25, 0.3) is 5.91 Å². The van der Waals surface area contributed by atoms with Gasteiger partial charge in [0.1, 0.15) is 23.4 Å². The molecule has 2 aliphatic heterocycles. The van der Waals surface area contributed by atoms with E-state index in [1.165, 1.54) is 21.0 Å². The van der Waals surface area contributed by atoms with Crippen LogP contribution in [0.4, 0.5) is 13.9 Å². The molecular formula is C36H45F2N9O6S2. The lowest BCUT2D eigenvalue weighted by atomic mass is 9.85. The summed E-state index contributed by atoms with van der Waals surface area (Å²) in [7, 11) is -2.52. The zero-order valence-corrected chi connectivity index (χ0v) is 33.0. The van der Waals surface area contributed by atoms with Crippen LogP contribution < -0.4 is 20.1 Å². The molecule has 5 atom stereocenters. The van der Waals surface area contributed by atoms with Gasteiger partial charge in [-0.25, -0.2) is 22.2 Å². The standard InChI is InChI=1S/C36H45F2N9O6S2/c1-34(2,3)27-31(49)46-17-21(15-24(46)30(48)41-36(16-23(36)28(37)38)32(50)44-55(51,52)22-10-11-22)47-43-29(42-45-47)20-9-12-25(53-6)19(14-20)8-7-13-35(4,5)26-18-54-33(39-26)40-27/h7-9,12,14,18,21-24,27-28H,10-11,13,15-17H2,1-6H3,(H,39,40)(H,41,48)(H,44,50)/b8-7+/t21-,23+,24+,27-,36-/m1/s1. The lowest BCUT2D eigenvalue weighted by Crippen LogP contribution is -2.59. The SMILES string of the molecule is COc1ccc2cc1/C=C/CC(C)(C)c1csc(n1)N[C@@H](C(C)(C)C)C(=O)N1C[C@@H](C[C@H]1C(=O)N[C@]1(C(=O)NS(=O)(=O)C3CC3)C[C@H]1C(F)F)n1nnc-2n1. The van der Waals surface area contributed by atoms with Crippen LogP contribution in [0.2, 0.25) is 0 Å². The van der Waals surface area contributed by atoms with E-state index in [1.807, 2.05) is 43.0 Å². The first-order valence-corrected chi connectivity index (χ1v) is 20.6. The Kier molecular flexibility index (Phi) is 9.79. The largest absolute Gasteiger partial charge is 0.496 e. The van der Waals surface area contributed by atoms with Gasteiger partial charge in [-0.3, -0.25) is 19.1 Å². The minimum Gasteiger partial charge on any atom is -0.496 e. The third-order valence-electron chi connectivity index (χ3n) is 10.9. The number of sulfonamides is 1. The molecule has 3 fully saturated rings. The van der Waals surface area contributed by atoms with E-state index in [-0.39, 0.29) is 18.8 Å². The Morgan fingerprint density at radius 1 is 1.18 bits per heavy atom. The van der Waals surface area contributed by atoms with E-state index in [4.69, 9.17) is 9.72 Å². The Morgan fingerprint density at radius 2 is 1.93 bits per heavy atom. The minimum atomic E-state index is -4.10. The van der Waals surface area contributed by atoms with Crippen LogP contribution in [0.3, 0.4) is 0 Å². The Hall–Kier alpha value is -4.52. The highest BCUT2D eigenvalue weighted by Gasteiger charge is 2.67. The van der Waals surface area contributed by atoms with Gasteiger partial charge in [-0.15, -0.1) is 21.5 Å². The van der Waals surface area contributed by atoms with E-state index >= 15 is 0 Å². The molecule has 1 aromatic carbocycles. The number of hydrogen-bond acceptors (Lipinski definition) is 12. The van der Waals surface area contributed by atoms with Crippen LogP contribution in [0.1, 0.15) is 84.0 Å². The fraction of sp³-hybridized carbons (Fsp3) is 0.583. The molecule has 2 aliphatic carbocycles. The van der Waals surface area contributed by atoms with Crippen LogP contribution in [-0.2, 0) is 29.8 Å². The predicted octanol–water partition coefficient (Wildman–Crippen LogP) is 3.92. The molecule has 0 unspecified atom stereocenters. The molecule has 296 valence electrons. The second-order valence-corrected chi connectivity index (χ2v) is 19.4. The molecule has 3 aromatic rings. The number of carbonyl (C=O) groups excluding carboxylic acids is 3. The highest BCUT2D eigenvalue weighted by atomic mass is 32.2. The topological polar surface area (TPSA) is 190 Å². The summed E-state index contributed by atoms with van der Waals surface area (Å²) >= 11 is 1.35. The second kappa shape index (κ2) is 13.9. The molecule has 7 rings (SSSR count). The molecule has 3 amide bonds. The maximum atomic E-state index is 14.7. The molecule has 2 saturated carbocycles. The molecule has 1 saturated heterocycles. The van der Waals surface area contributed by atoms with Crippen molar-refractivity contribution in [1.29, 1.82) is 0 Å². The molecule has 0 radical (unpaired) electrons. The van der Waals surface area contributed by atoms with Gasteiger partial charge in [-0.05, 0) is 54.5 Å². The molecule has 15 nitrogen and oxygen atoms in total. The average Bonchev–Trinajstić information content (AvgIpc) is 3.90. The number of carbonyl (C=O) groups is 3. The summed E-state index contributed by atoms with van der Waals surface area (Å²) in [5, 5.41) is 20.7. The van der Waals surface area contributed by atoms with Crippen molar-refractivity contribution < 1.29 is 36.3 Å². The Bertz CT molecular complexity index is 2150. The van der Waals surface area contributed by atoms with Crippen molar-refractivity contribution in [3.63, 3.8) is 0 Å². The molecule has 19 heteroatoms. The molecule has 2 aromatic heterocycles. The summed E-state index contributed by atoms with van der Waals surface area (Å²) in [6.07, 6.45) is 1.81. The van der Waals surface area contributed by atoms with Gasteiger partial charge in [0.15, 0.2) is 5.13 Å². The highest BCUT2D eigenvalue weighted by Crippen LogP contribution is 2.49. The molecule has 8 bridgehead atoms. The third-order valence-corrected chi connectivity index (χ3v) is 13.5. The van der Waals surface area contributed by atoms with Crippen LogP contribution in [0.5, 0.6) is 5.75 Å². The number of nitrogens with one attached hydrogen (secondary N) is 3. The molecule has 4 heterocycles. The zero-order valence-electron chi connectivity index (χ0n) is 31.4. The van der Waals surface area contributed by atoms with E-state index in [2.05, 4.69) is 46.0 Å². The maximum absolute atomic E-state index is 14.7. The van der Waals surface area contributed by atoms with Crippen LogP contribution in [0.25, 0.3) is 17.5 Å². The zero-order chi connectivity index (χ0) is 39.7. The van der Waals surface area contributed by atoms with E-state index in [1.54, 1.807) is 19.2 Å². The second-order valence-electron chi connectivity index (χ2n) is 16.5. The quantitative estimate of drug-likeness (QED) is 0.314. The van der Waals surface area contributed by atoms with Crippen molar-refractivity contribution in [1.82, 2.24) is 40.1 Å². The number of allylic oxidation sites excluding steroid dienone is 1. The number of nitrogens with zero attached hydrogens (tertiary/aromatic N) is 6. The lowest BCUT2D eigenvalue weighted by molar-refractivity contribution is -0.141. The van der Waals surface area contributed by atoms with Crippen molar-refractivity contribution in [2.75, 3.05) is 19.0 Å². The number of tetrazole rings is 1. The number of alkyl halides is 2. The fourth-order valence-electron chi connectivity index (χ4n) is 7.19. The number of methoxy groups -OCH3 is 1. The molecule has 0 spiro atoms. The smallest absolute Gasteiger partial charge is 0.259 e. The summed E-state index contributed by atoms with van der Waals surface area (Å²) in [6.45, 7) is 9.70. The van der Waals surface area contributed by atoms with Crippen LogP contribution >= 0.6 is 11.3 Å². The van der Waals surface area contributed by atoms with Crippen LogP contribution in [0.15, 0.2) is 29.7 Å². The maximum Gasteiger partial charge on any atom is 0.259 e. The Morgan fingerprint density at radius 3 is 2.58 bits per heavy atom. The lowest BCUT2D eigenvalue weighted by Gasteiger charge is -2.35. The normalized spacial score (nSPS) is 27.0. The van der Waals surface area contributed by atoms with E-state index in [0.29, 0.717) is 35.7 Å².